The molecule has 0 bridgehead atoms. The van der Waals surface area contributed by atoms with Gasteiger partial charge >= 0.3 is 0 Å². The van der Waals surface area contributed by atoms with Crippen LogP contribution in [0, 0.1) is 11.8 Å². The van der Waals surface area contributed by atoms with Crippen molar-refractivity contribution in [3.05, 3.63) is 91.5 Å². The van der Waals surface area contributed by atoms with Crippen molar-refractivity contribution in [1.82, 2.24) is 0 Å². The van der Waals surface area contributed by atoms with E-state index in [0.29, 0.717) is 22.5 Å². The molecule has 5 heteroatoms. The summed E-state index contributed by atoms with van der Waals surface area (Å²) in [5.74, 6) is 2.30. The molecule has 3 heterocycles. The van der Waals surface area contributed by atoms with Gasteiger partial charge in [0.1, 0.15) is 17.1 Å². The molecule has 2 aromatic rings. The molecule has 131 valence electrons. The van der Waals surface area contributed by atoms with Crippen molar-refractivity contribution in [2.45, 2.75) is 5.25 Å². The number of thiophene rings is 1. The maximum atomic E-state index is 11.9. The van der Waals surface area contributed by atoms with E-state index in [-0.39, 0.29) is 11.2 Å². The quantitative estimate of drug-likeness (QED) is 0.433. The van der Waals surface area contributed by atoms with Gasteiger partial charge in [0.25, 0.3) is 0 Å². The smallest absolute Gasteiger partial charge is 0.182 e. The maximum absolute atomic E-state index is 11.9. The molecular weight excluding hydrogens is 376 g/mol. The Kier molecular flexibility index (Phi) is 3.17. The normalized spacial score (nSPS) is 21.2. The van der Waals surface area contributed by atoms with Crippen LogP contribution in [0.2, 0.25) is 0 Å². The first kappa shape index (κ1) is 15.5. The van der Waals surface area contributed by atoms with Gasteiger partial charge in [-0.25, -0.2) is 0 Å². The highest BCUT2D eigenvalue weighted by Gasteiger charge is 2.45. The Morgan fingerprint density at radius 1 is 1.04 bits per heavy atom. The van der Waals surface area contributed by atoms with Gasteiger partial charge in [0.15, 0.2) is 5.43 Å². The van der Waals surface area contributed by atoms with E-state index >= 15 is 0 Å². The zero-order chi connectivity index (χ0) is 18.1. The Labute approximate surface area is 163 Å². The van der Waals surface area contributed by atoms with Gasteiger partial charge < -0.3 is 9.52 Å². The Morgan fingerprint density at radius 2 is 1.96 bits per heavy atom. The minimum atomic E-state index is -0.0847. The maximum Gasteiger partial charge on any atom is 0.182 e. The number of thioether (sulfide) groups is 1. The average Bonchev–Trinajstić information content (AvgIpc) is 3.34. The molecule has 0 saturated carbocycles. The number of rotatable bonds is 1. The van der Waals surface area contributed by atoms with Gasteiger partial charge in [0.2, 0.25) is 0 Å². The third kappa shape index (κ3) is 2.12. The van der Waals surface area contributed by atoms with Crippen LogP contribution in [0.15, 0.2) is 68.5 Å². The summed E-state index contributed by atoms with van der Waals surface area (Å²) in [6.07, 6.45) is 2.28. The van der Waals surface area contributed by atoms with Crippen molar-refractivity contribution in [3.63, 3.8) is 0 Å². The predicted octanol–water partition coefficient (Wildman–Crippen LogP) is 5.57. The molecule has 3 nitrogen and oxygen atoms in total. The zero-order valence-corrected chi connectivity index (χ0v) is 15.6. The second-order valence-electron chi connectivity index (χ2n) is 6.84. The van der Waals surface area contributed by atoms with Gasteiger partial charge in [-0.1, -0.05) is 6.08 Å². The van der Waals surface area contributed by atoms with E-state index in [2.05, 4.69) is 22.9 Å². The largest absolute Gasteiger partial charge is 0.508 e. The van der Waals surface area contributed by atoms with Gasteiger partial charge in [-0.15, -0.1) is 23.1 Å². The van der Waals surface area contributed by atoms with Crippen LogP contribution in [0.3, 0.4) is 0 Å². The fraction of sp³-hybridized carbons (Fsp3) is 0.0909. The summed E-state index contributed by atoms with van der Waals surface area (Å²) in [6, 6.07) is 12.4. The molecule has 1 aromatic carbocycles. The van der Waals surface area contributed by atoms with Gasteiger partial charge in [-0.2, -0.15) is 0 Å². The number of hydrogen-bond acceptors (Lipinski definition) is 5. The van der Waals surface area contributed by atoms with Crippen molar-refractivity contribution in [1.29, 1.82) is 0 Å². The fourth-order valence-corrected chi connectivity index (χ4v) is 6.61. The number of hydrogen-bond donors (Lipinski definition) is 1. The highest BCUT2D eigenvalue weighted by molar-refractivity contribution is 8.02. The van der Waals surface area contributed by atoms with E-state index in [9.17, 15) is 9.90 Å². The average molecular weight is 389 g/mol. The summed E-state index contributed by atoms with van der Waals surface area (Å²) in [4.78, 5) is 13.3. The Hall–Kier alpha value is -2.50. The van der Waals surface area contributed by atoms with E-state index in [1.165, 1.54) is 22.4 Å². The van der Waals surface area contributed by atoms with Gasteiger partial charge in [-0.3, -0.25) is 4.79 Å². The topological polar surface area (TPSA) is 50.4 Å². The molecule has 6 rings (SSSR count). The second-order valence-corrected chi connectivity index (χ2v) is 8.84. The summed E-state index contributed by atoms with van der Waals surface area (Å²) < 4.78 is 5.99. The van der Waals surface area contributed by atoms with E-state index in [0.717, 1.165) is 16.5 Å². The first-order valence-corrected chi connectivity index (χ1v) is 10.5. The second kappa shape index (κ2) is 5.50. The van der Waals surface area contributed by atoms with Crippen LogP contribution in [0.25, 0.3) is 22.3 Å². The van der Waals surface area contributed by atoms with E-state index < -0.39 is 0 Å². The number of benzene rings is 2. The molecule has 2 aliphatic carbocycles. The number of allylic oxidation sites excluding steroid dienone is 1. The summed E-state index contributed by atoms with van der Waals surface area (Å²) in [7, 11) is 0. The third-order valence-electron chi connectivity index (χ3n) is 5.36. The minimum absolute atomic E-state index is 0.0847. The lowest BCUT2D eigenvalue weighted by Crippen LogP contribution is -2.12. The van der Waals surface area contributed by atoms with E-state index in [1.54, 1.807) is 18.2 Å². The molecule has 27 heavy (non-hydrogen) atoms. The van der Waals surface area contributed by atoms with Crippen molar-refractivity contribution >= 4 is 34.1 Å². The molecule has 1 radical (unpaired) electrons. The fourth-order valence-electron chi connectivity index (χ4n) is 4.27. The van der Waals surface area contributed by atoms with Crippen LogP contribution in [0.1, 0.15) is 21.3 Å². The standard InChI is InChI=1S/C22H13O3S2/c23-11-1-3-13-17(9-11)25-18-10-12(24)2-4-14(18)19(13)20-15-5-7-26-21(15)22-16(20)6-8-27-22/h1-10,15,21,23H. The Bertz CT molecular complexity index is 1270. The van der Waals surface area contributed by atoms with Crippen molar-refractivity contribution in [3.8, 4) is 17.1 Å². The van der Waals surface area contributed by atoms with Crippen molar-refractivity contribution in [2.24, 2.45) is 5.92 Å². The van der Waals surface area contributed by atoms with Crippen molar-refractivity contribution < 1.29 is 9.52 Å². The zero-order valence-electron chi connectivity index (χ0n) is 14.0. The van der Waals surface area contributed by atoms with E-state index in [1.807, 2.05) is 35.2 Å². The number of phenolic OH excluding ortho intramolecular Hbond substituents is 1. The summed E-state index contributed by atoms with van der Waals surface area (Å²) >= 11 is 3.68. The molecule has 1 aromatic heterocycles. The minimum Gasteiger partial charge on any atom is -0.508 e. The predicted molar refractivity (Wildman–Crippen MR) is 109 cm³/mol. The van der Waals surface area contributed by atoms with Crippen molar-refractivity contribution in [2.75, 3.05) is 0 Å². The summed E-state index contributed by atoms with van der Waals surface area (Å²) in [6.45, 7) is 0. The molecular formula is C22H13O3S2. The first-order valence-electron chi connectivity index (χ1n) is 8.67. The molecule has 2 unspecified atom stereocenters. The number of fused-ring (bicyclic) bond motifs is 5. The molecule has 0 saturated heterocycles. The van der Waals surface area contributed by atoms with Crippen LogP contribution < -0.4 is 5.43 Å². The SMILES string of the molecule is O=c1ccc2c([C]3c4ccsc4C4SC=CC34)c3ccc(O)cc3oc-2c1. The number of aromatic hydroxyl groups is 1. The molecule has 2 atom stereocenters. The third-order valence-corrected chi connectivity index (χ3v) is 7.65. The molecule has 4 aliphatic rings. The van der Waals surface area contributed by atoms with E-state index in [4.69, 9.17) is 4.42 Å². The molecule has 1 N–H and O–H groups in total. The first-order chi connectivity index (χ1) is 13.2. The molecule has 0 spiro atoms. The summed E-state index contributed by atoms with van der Waals surface area (Å²) in [5, 5.41) is 15.7. The van der Waals surface area contributed by atoms with Gasteiger partial charge in [-0.05, 0) is 52.2 Å². The van der Waals surface area contributed by atoms with Crippen LogP contribution in [-0.4, -0.2) is 5.11 Å². The molecule has 0 amide bonds. The van der Waals surface area contributed by atoms with Gasteiger partial charge in [0.05, 0.1) is 5.25 Å². The number of phenols is 1. The molecule has 2 aliphatic heterocycles. The Balaban J connectivity index is 1.74. The molecule has 0 fully saturated rings. The van der Waals surface area contributed by atoms with Gasteiger partial charge in [0, 0.05) is 39.8 Å². The lowest BCUT2D eigenvalue weighted by molar-refractivity contribution is 0.474. The van der Waals surface area contributed by atoms with Crippen LogP contribution >= 0.6 is 23.1 Å². The lowest BCUT2D eigenvalue weighted by Gasteiger charge is -2.23. The van der Waals surface area contributed by atoms with Crippen LogP contribution in [0.5, 0.6) is 5.75 Å². The highest BCUT2D eigenvalue weighted by atomic mass is 32.2. The van der Waals surface area contributed by atoms with Crippen LogP contribution in [-0.2, 0) is 0 Å². The highest BCUT2D eigenvalue weighted by Crippen LogP contribution is 2.61. The monoisotopic (exact) mass is 389 g/mol. The van der Waals surface area contributed by atoms with Crippen LogP contribution in [0.4, 0.5) is 0 Å². The lowest BCUT2D eigenvalue weighted by atomic mass is 9.81. The Morgan fingerprint density at radius 3 is 2.89 bits per heavy atom. The summed E-state index contributed by atoms with van der Waals surface area (Å²) in [5.41, 5.74) is 3.83.